The Kier molecular flexibility index (Phi) is 2.58. The Bertz CT molecular complexity index is 496. The Labute approximate surface area is 89.5 Å². The second-order valence-corrected chi connectivity index (χ2v) is 3.96. The average Bonchev–Trinajstić information content (AvgIpc) is 2.54. The highest BCUT2D eigenvalue weighted by Gasteiger charge is 2.05. The number of carbonyl (C=O) groups is 1. The van der Waals surface area contributed by atoms with Gasteiger partial charge in [-0.2, -0.15) is 0 Å². The number of ketones is 1. The predicted molar refractivity (Wildman–Crippen MR) is 61.9 cm³/mol. The van der Waals surface area contributed by atoms with Crippen LogP contribution in [0.25, 0.3) is 10.9 Å². The number of nitrogens with zero attached hydrogens (tertiary/aromatic N) is 1. The minimum absolute atomic E-state index is 0.250. The second-order valence-electron chi connectivity index (χ2n) is 3.96. The molecule has 2 nitrogen and oxygen atoms in total. The molecule has 0 amide bonds. The smallest absolute Gasteiger partial charge is 0.130 e. The molecular formula is C13H15NO. The summed E-state index contributed by atoms with van der Waals surface area (Å²) in [6.45, 7) is 1.64. The molecule has 2 heteroatoms. The summed E-state index contributed by atoms with van der Waals surface area (Å²) in [4.78, 5) is 10.9. The van der Waals surface area contributed by atoms with Gasteiger partial charge in [0.2, 0.25) is 0 Å². The van der Waals surface area contributed by atoms with Crippen molar-refractivity contribution in [3.05, 3.63) is 36.0 Å². The van der Waals surface area contributed by atoms with E-state index in [2.05, 4.69) is 29.8 Å². The topological polar surface area (TPSA) is 22.0 Å². The summed E-state index contributed by atoms with van der Waals surface area (Å²) in [6, 6.07) is 10.5. The van der Waals surface area contributed by atoms with Crippen LogP contribution in [0.1, 0.15) is 19.0 Å². The van der Waals surface area contributed by atoms with Gasteiger partial charge in [0, 0.05) is 24.7 Å². The summed E-state index contributed by atoms with van der Waals surface area (Å²) in [5.74, 6) is 0.250. The molecule has 0 aliphatic heterocycles. The first-order valence-electron chi connectivity index (χ1n) is 5.21. The van der Waals surface area contributed by atoms with Gasteiger partial charge in [-0.15, -0.1) is 0 Å². The van der Waals surface area contributed by atoms with Crippen LogP contribution in [0.15, 0.2) is 30.3 Å². The van der Waals surface area contributed by atoms with Gasteiger partial charge in [0.05, 0.1) is 0 Å². The Balaban J connectivity index is 2.36. The summed E-state index contributed by atoms with van der Waals surface area (Å²) in [5.41, 5.74) is 2.46. The van der Waals surface area contributed by atoms with Crippen molar-refractivity contribution < 1.29 is 4.79 Å². The fraction of sp³-hybridized carbons (Fsp3) is 0.308. The van der Waals surface area contributed by atoms with E-state index < -0.39 is 0 Å². The molecule has 0 bridgehead atoms. The van der Waals surface area contributed by atoms with Crippen molar-refractivity contribution in [2.24, 2.45) is 7.05 Å². The summed E-state index contributed by atoms with van der Waals surface area (Å²) in [5, 5.41) is 1.25. The van der Waals surface area contributed by atoms with Crippen molar-refractivity contribution in [2.45, 2.75) is 19.8 Å². The van der Waals surface area contributed by atoms with Crippen LogP contribution in [0.4, 0.5) is 0 Å². The zero-order valence-corrected chi connectivity index (χ0v) is 9.16. The van der Waals surface area contributed by atoms with Gasteiger partial charge in [0.25, 0.3) is 0 Å². The van der Waals surface area contributed by atoms with E-state index in [0.29, 0.717) is 6.42 Å². The maximum Gasteiger partial charge on any atom is 0.130 e. The maximum absolute atomic E-state index is 10.9. The van der Waals surface area contributed by atoms with Gasteiger partial charge in [0.1, 0.15) is 5.78 Å². The SMILES string of the molecule is CC(=O)CCc1cc2ccccc2n1C. The van der Waals surface area contributed by atoms with E-state index in [9.17, 15) is 4.79 Å². The molecule has 1 heterocycles. The van der Waals surface area contributed by atoms with E-state index in [1.807, 2.05) is 12.1 Å². The largest absolute Gasteiger partial charge is 0.348 e. The highest BCUT2D eigenvalue weighted by atomic mass is 16.1. The Morgan fingerprint density at radius 3 is 2.73 bits per heavy atom. The van der Waals surface area contributed by atoms with Crippen LogP contribution in [0.3, 0.4) is 0 Å². The molecule has 1 aromatic heterocycles. The normalized spacial score (nSPS) is 10.8. The molecule has 0 N–H and O–H groups in total. The molecule has 15 heavy (non-hydrogen) atoms. The quantitative estimate of drug-likeness (QED) is 0.748. The van der Waals surface area contributed by atoms with Gasteiger partial charge < -0.3 is 9.36 Å². The van der Waals surface area contributed by atoms with Crippen molar-refractivity contribution in [1.29, 1.82) is 0 Å². The molecular weight excluding hydrogens is 186 g/mol. The number of fused-ring (bicyclic) bond motifs is 1. The summed E-state index contributed by atoms with van der Waals surface area (Å²) in [6.07, 6.45) is 1.46. The van der Waals surface area contributed by atoms with Crippen LogP contribution in [0.2, 0.25) is 0 Å². The van der Waals surface area contributed by atoms with Gasteiger partial charge >= 0.3 is 0 Å². The van der Waals surface area contributed by atoms with Crippen molar-refractivity contribution in [2.75, 3.05) is 0 Å². The third-order valence-corrected chi connectivity index (χ3v) is 2.78. The van der Waals surface area contributed by atoms with Gasteiger partial charge in [-0.05, 0) is 30.9 Å². The first-order valence-corrected chi connectivity index (χ1v) is 5.21. The molecule has 78 valence electrons. The van der Waals surface area contributed by atoms with E-state index in [-0.39, 0.29) is 5.78 Å². The molecule has 0 fully saturated rings. The lowest BCUT2D eigenvalue weighted by atomic mass is 10.2. The van der Waals surface area contributed by atoms with Crippen molar-refractivity contribution in [3.8, 4) is 0 Å². The predicted octanol–water partition coefficient (Wildman–Crippen LogP) is 2.70. The standard InChI is InChI=1S/C13H15NO/c1-10(15)7-8-12-9-11-5-3-4-6-13(11)14(12)2/h3-6,9H,7-8H2,1-2H3. The molecule has 1 aromatic carbocycles. The summed E-state index contributed by atoms with van der Waals surface area (Å²) in [7, 11) is 2.05. The minimum Gasteiger partial charge on any atom is -0.348 e. The minimum atomic E-state index is 0.250. The van der Waals surface area contributed by atoms with E-state index >= 15 is 0 Å². The van der Waals surface area contributed by atoms with Crippen molar-refractivity contribution in [3.63, 3.8) is 0 Å². The molecule has 0 saturated heterocycles. The number of benzene rings is 1. The molecule has 0 atom stereocenters. The molecule has 0 unspecified atom stereocenters. The molecule has 0 saturated carbocycles. The highest BCUT2D eigenvalue weighted by Crippen LogP contribution is 2.19. The van der Waals surface area contributed by atoms with Gasteiger partial charge in [0.15, 0.2) is 0 Å². The van der Waals surface area contributed by atoms with Gasteiger partial charge in [-0.25, -0.2) is 0 Å². The van der Waals surface area contributed by atoms with Crippen molar-refractivity contribution >= 4 is 16.7 Å². The maximum atomic E-state index is 10.9. The summed E-state index contributed by atoms with van der Waals surface area (Å²) >= 11 is 0. The number of Topliss-reactive ketones (excluding diaryl/α,β-unsaturated/α-hetero) is 1. The Hall–Kier alpha value is -1.57. The van der Waals surface area contributed by atoms with E-state index in [4.69, 9.17) is 0 Å². The monoisotopic (exact) mass is 201 g/mol. The Morgan fingerprint density at radius 1 is 1.33 bits per heavy atom. The van der Waals surface area contributed by atoms with Crippen LogP contribution in [-0.4, -0.2) is 10.4 Å². The van der Waals surface area contributed by atoms with Crippen LogP contribution >= 0.6 is 0 Å². The molecule has 0 aliphatic rings. The number of para-hydroxylation sites is 1. The Morgan fingerprint density at radius 2 is 2.07 bits per heavy atom. The number of aromatic nitrogens is 1. The molecule has 0 spiro atoms. The molecule has 2 aromatic rings. The van der Waals surface area contributed by atoms with E-state index in [1.54, 1.807) is 6.92 Å². The van der Waals surface area contributed by atoms with E-state index in [0.717, 1.165) is 6.42 Å². The highest BCUT2D eigenvalue weighted by molar-refractivity contribution is 5.81. The zero-order valence-electron chi connectivity index (χ0n) is 9.16. The first-order chi connectivity index (χ1) is 7.18. The number of hydrogen-bond acceptors (Lipinski definition) is 1. The van der Waals surface area contributed by atoms with Crippen molar-refractivity contribution in [1.82, 2.24) is 4.57 Å². The lowest BCUT2D eigenvalue weighted by Crippen LogP contribution is -1.99. The van der Waals surface area contributed by atoms with Gasteiger partial charge in [-0.3, -0.25) is 0 Å². The molecule has 0 radical (unpaired) electrons. The lowest BCUT2D eigenvalue weighted by Gasteiger charge is -2.02. The second kappa shape index (κ2) is 3.89. The summed E-state index contributed by atoms with van der Waals surface area (Å²) < 4.78 is 2.16. The zero-order chi connectivity index (χ0) is 10.8. The van der Waals surface area contributed by atoms with Crippen LogP contribution < -0.4 is 0 Å². The molecule has 0 aliphatic carbocycles. The number of rotatable bonds is 3. The van der Waals surface area contributed by atoms with E-state index in [1.165, 1.54) is 16.6 Å². The number of hydrogen-bond donors (Lipinski definition) is 0. The first kappa shape index (κ1) is 9.97. The fourth-order valence-corrected chi connectivity index (χ4v) is 1.89. The lowest BCUT2D eigenvalue weighted by molar-refractivity contribution is -0.117. The fourth-order valence-electron chi connectivity index (χ4n) is 1.89. The van der Waals surface area contributed by atoms with Crippen LogP contribution in [-0.2, 0) is 18.3 Å². The van der Waals surface area contributed by atoms with Crippen LogP contribution in [0, 0.1) is 0 Å². The van der Waals surface area contributed by atoms with Crippen LogP contribution in [0.5, 0.6) is 0 Å². The molecule has 2 rings (SSSR count). The third-order valence-electron chi connectivity index (χ3n) is 2.78. The average molecular weight is 201 g/mol. The number of aryl methyl sites for hydroxylation is 2. The third kappa shape index (κ3) is 1.94. The number of carbonyl (C=O) groups excluding carboxylic acids is 1. The van der Waals surface area contributed by atoms with Gasteiger partial charge in [-0.1, -0.05) is 18.2 Å².